The summed E-state index contributed by atoms with van der Waals surface area (Å²) in [5.41, 5.74) is 2.90. The van der Waals surface area contributed by atoms with E-state index in [4.69, 9.17) is 0 Å². The minimum Gasteiger partial charge on any atom is -0.294 e. The summed E-state index contributed by atoms with van der Waals surface area (Å²) in [6.45, 7) is 0. The number of hydrogen-bond acceptors (Lipinski definition) is 1. The molecule has 21 heavy (non-hydrogen) atoms. The molecule has 1 saturated carbocycles. The van der Waals surface area contributed by atoms with E-state index in [0.29, 0.717) is 11.7 Å². The standard InChI is InChI=1S/C19H17FO/c20-14-9-7-13(8-10-14)12-19-11-3-6-17(19)15-4-1-2-5-16(15)18(19)21/h1-2,4-5,7-10,17H,3,6,11-12H2. The zero-order valence-corrected chi connectivity index (χ0v) is 11.8. The normalized spacial score (nSPS) is 26.7. The maximum Gasteiger partial charge on any atom is 0.170 e. The molecule has 2 unspecified atom stereocenters. The Morgan fingerprint density at radius 2 is 1.86 bits per heavy atom. The lowest BCUT2D eigenvalue weighted by molar-refractivity contribution is 0.0805. The van der Waals surface area contributed by atoms with Crippen LogP contribution in [-0.2, 0) is 6.42 Å². The number of benzene rings is 2. The molecule has 0 bridgehead atoms. The van der Waals surface area contributed by atoms with Gasteiger partial charge in [0.25, 0.3) is 0 Å². The Morgan fingerprint density at radius 1 is 1.10 bits per heavy atom. The van der Waals surface area contributed by atoms with Crippen LogP contribution in [0.25, 0.3) is 0 Å². The monoisotopic (exact) mass is 280 g/mol. The number of carbonyl (C=O) groups excluding carboxylic acids is 1. The third kappa shape index (κ3) is 1.78. The van der Waals surface area contributed by atoms with Gasteiger partial charge in [-0.1, -0.05) is 42.8 Å². The predicted octanol–water partition coefficient (Wildman–Crippen LogP) is 4.52. The van der Waals surface area contributed by atoms with Crippen molar-refractivity contribution in [3.05, 3.63) is 71.0 Å². The molecule has 0 saturated heterocycles. The molecule has 2 aliphatic carbocycles. The highest BCUT2D eigenvalue weighted by atomic mass is 19.1. The van der Waals surface area contributed by atoms with Crippen LogP contribution in [0.2, 0.25) is 0 Å². The molecule has 1 nitrogen and oxygen atoms in total. The van der Waals surface area contributed by atoms with E-state index in [1.165, 1.54) is 17.7 Å². The van der Waals surface area contributed by atoms with E-state index in [-0.39, 0.29) is 11.2 Å². The second-order valence-corrected chi connectivity index (χ2v) is 6.32. The summed E-state index contributed by atoms with van der Waals surface area (Å²) in [5.74, 6) is 0.413. The van der Waals surface area contributed by atoms with Crippen LogP contribution in [0.4, 0.5) is 4.39 Å². The molecule has 0 aliphatic heterocycles. The van der Waals surface area contributed by atoms with Gasteiger partial charge in [0.05, 0.1) is 0 Å². The molecule has 2 heteroatoms. The van der Waals surface area contributed by atoms with Crippen molar-refractivity contribution in [2.45, 2.75) is 31.6 Å². The van der Waals surface area contributed by atoms with Gasteiger partial charge in [0.15, 0.2) is 5.78 Å². The highest BCUT2D eigenvalue weighted by Gasteiger charge is 2.54. The lowest BCUT2D eigenvalue weighted by atomic mass is 9.73. The molecule has 2 aromatic rings. The maximum absolute atomic E-state index is 13.1. The SMILES string of the molecule is O=C1c2ccccc2C2CCCC12Cc1ccc(F)cc1. The minimum absolute atomic E-state index is 0.222. The molecular formula is C19H17FO. The van der Waals surface area contributed by atoms with Gasteiger partial charge >= 0.3 is 0 Å². The van der Waals surface area contributed by atoms with Crippen LogP contribution in [0.1, 0.15) is 46.7 Å². The molecule has 0 N–H and O–H groups in total. The molecule has 106 valence electrons. The van der Waals surface area contributed by atoms with Crippen molar-refractivity contribution in [3.8, 4) is 0 Å². The average Bonchev–Trinajstić information content (AvgIpc) is 3.01. The number of carbonyl (C=O) groups is 1. The summed E-state index contributed by atoms with van der Waals surface area (Å²) >= 11 is 0. The third-order valence-electron chi connectivity index (χ3n) is 5.25. The highest BCUT2D eigenvalue weighted by Crippen LogP contribution is 2.58. The lowest BCUT2D eigenvalue weighted by Crippen LogP contribution is -2.30. The number of rotatable bonds is 2. The van der Waals surface area contributed by atoms with Crippen LogP contribution in [0, 0.1) is 11.2 Å². The molecule has 2 atom stereocenters. The Hall–Kier alpha value is -1.96. The fourth-order valence-corrected chi connectivity index (χ4v) is 4.33. The van der Waals surface area contributed by atoms with Crippen molar-refractivity contribution in [3.63, 3.8) is 0 Å². The van der Waals surface area contributed by atoms with Crippen molar-refractivity contribution in [1.29, 1.82) is 0 Å². The average molecular weight is 280 g/mol. The third-order valence-corrected chi connectivity index (χ3v) is 5.25. The maximum atomic E-state index is 13.1. The second kappa shape index (κ2) is 4.52. The van der Waals surface area contributed by atoms with Gasteiger partial charge < -0.3 is 0 Å². The van der Waals surface area contributed by atoms with Gasteiger partial charge in [-0.3, -0.25) is 4.79 Å². The van der Waals surface area contributed by atoms with Gasteiger partial charge in [-0.25, -0.2) is 4.39 Å². The summed E-state index contributed by atoms with van der Waals surface area (Å²) in [6.07, 6.45) is 3.86. The first-order chi connectivity index (χ1) is 10.2. The van der Waals surface area contributed by atoms with Crippen LogP contribution >= 0.6 is 0 Å². The number of ketones is 1. The van der Waals surface area contributed by atoms with Crippen LogP contribution in [-0.4, -0.2) is 5.78 Å². The van der Waals surface area contributed by atoms with Crippen LogP contribution in [0.3, 0.4) is 0 Å². The van der Waals surface area contributed by atoms with Gasteiger partial charge in [-0.15, -0.1) is 0 Å². The van der Waals surface area contributed by atoms with E-state index in [2.05, 4.69) is 6.07 Å². The zero-order valence-electron chi connectivity index (χ0n) is 11.8. The quantitative estimate of drug-likeness (QED) is 0.790. The Bertz CT molecular complexity index is 704. The van der Waals surface area contributed by atoms with E-state index in [9.17, 15) is 9.18 Å². The predicted molar refractivity (Wildman–Crippen MR) is 79.9 cm³/mol. The van der Waals surface area contributed by atoms with Crippen molar-refractivity contribution >= 4 is 5.78 Å². The fraction of sp³-hybridized carbons (Fsp3) is 0.316. The first-order valence-electron chi connectivity index (χ1n) is 7.59. The highest BCUT2D eigenvalue weighted by molar-refractivity contribution is 6.06. The Labute approximate surface area is 123 Å². The Morgan fingerprint density at radius 3 is 2.67 bits per heavy atom. The molecule has 0 aromatic heterocycles. The zero-order chi connectivity index (χ0) is 14.4. The van der Waals surface area contributed by atoms with E-state index >= 15 is 0 Å². The molecular weight excluding hydrogens is 263 g/mol. The molecule has 0 amide bonds. The Balaban J connectivity index is 1.76. The molecule has 2 aromatic carbocycles. The topological polar surface area (TPSA) is 17.1 Å². The van der Waals surface area contributed by atoms with Crippen molar-refractivity contribution in [2.24, 2.45) is 5.41 Å². The van der Waals surface area contributed by atoms with Gasteiger partial charge in [0, 0.05) is 11.0 Å². The summed E-state index contributed by atoms with van der Waals surface area (Å²) in [6, 6.07) is 14.6. The van der Waals surface area contributed by atoms with E-state index < -0.39 is 0 Å². The van der Waals surface area contributed by atoms with Crippen LogP contribution < -0.4 is 0 Å². The van der Waals surface area contributed by atoms with Gasteiger partial charge in [0.1, 0.15) is 5.82 Å². The fourth-order valence-electron chi connectivity index (χ4n) is 4.33. The van der Waals surface area contributed by atoms with Crippen molar-refractivity contribution in [1.82, 2.24) is 0 Å². The molecule has 1 fully saturated rings. The summed E-state index contributed by atoms with van der Waals surface area (Å²) in [7, 11) is 0. The molecule has 0 radical (unpaired) electrons. The number of Topliss-reactive ketones (excluding diaryl/α,β-unsaturated/α-hetero) is 1. The molecule has 4 rings (SSSR count). The lowest BCUT2D eigenvalue weighted by Gasteiger charge is -2.28. The van der Waals surface area contributed by atoms with Gasteiger partial charge in [-0.05, 0) is 48.4 Å². The summed E-state index contributed by atoms with van der Waals surface area (Å²) in [4.78, 5) is 13.0. The number of fused-ring (bicyclic) bond motifs is 3. The number of hydrogen-bond donors (Lipinski definition) is 0. The molecule has 2 aliphatic rings. The van der Waals surface area contributed by atoms with Crippen molar-refractivity contribution < 1.29 is 9.18 Å². The smallest absolute Gasteiger partial charge is 0.170 e. The first-order valence-corrected chi connectivity index (χ1v) is 7.59. The van der Waals surface area contributed by atoms with Crippen LogP contribution in [0.15, 0.2) is 48.5 Å². The number of halogens is 1. The van der Waals surface area contributed by atoms with E-state index in [1.807, 2.05) is 30.3 Å². The van der Waals surface area contributed by atoms with Crippen LogP contribution in [0.5, 0.6) is 0 Å². The van der Waals surface area contributed by atoms with Gasteiger partial charge in [0.2, 0.25) is 0 Å². The van der Waals surface area contributed by atoms with Crippen molar-refractivity contribution in [2.75, 3.05) is 0 Å². The summed E-state index contributed by atoms with van der Waals surface area (Å²) < 4.78 is 13.1. The van der Waals surface area contributed by atoms with Gasteiger partial charge in [-0.2, -0.15) is 0 Å². The second-order valence-electron chi connectivity index (χ2n) is 6.32. The minimum atomic E-state index is -0.290. The van der Waals surface area contributed by atoms with E-state index in [0.717, 1.165) is 36.8 Å². The largest absolute Gasteiger partial charge is 0.294 e. The molecule has 0 spiro atoms. The summed E-state index contributed by atoms with van der Waals surface area (Å²) in [5, 5.41) is 0. The molecule has 0 heterocycles. The Kier molecular flexibility index (Phi) is 2.75. The first kappa shape index (κ1) is 12.8. The van der Waals surface area contributed by atoms with E-state index in [1.54, 1.807) is 0 Å².